The fourth-order valence-corrected chi connectivity index (χ4v) is 1.88. The van der Waals surface area contributed by atoms with Gasteiger partial charge in [-0.05, 0) is 12.8 Å². The summed E-state index contributed by atoms with van der Waals surface area (Å²) in [7, 11) is 0. The highest BCUT2D eigenvalue weighted by Gasteiger charge is 2.41. The summed E-state index contributed by atoms with van der Waals surface area (Å²) in [6.45, 7) is 7.63. The predicted octanol–water partition coefficient (Wildman–Crippen LogP) is 1.20. The number of hydrogen-bond acceptors (Lipinski definition) is 3. The SMILES string of the molecule is CC(C)C1OC(=O)[C@H](C)[C@@H](O)C1C. The summed E-state index contributed by atoms with van der Waals surface area (Å²) >= 11 is 0. The Morgan fingerprint density at radius 3 is 2.38 bits per heavy atom. The number of carbonyl (C=O) groups excluding carboxylic acids is 1. The van der Waals surface area contributed by atoms with Crippen LogP contribution in [0.15, 0.2) is 0 Å². The topological polar surface area (TPSA) is 46.5 Å². The maximum absolute atomic E-state index is 11.3. The van der Waals surface area contributed by atoms with Gasteiger partial charge in [0.2, 0.25) is 0 Å². The Bertz CT molecular complexity index is 200. The molecule has 1 heterocycles. The molecule has 1 fully saturated rings. The molecule has 0 saturated carbocycles. The highest BCUT2D eigenvalue weighted by atomic mass is 16.5. The first-order chi connectivity index (χ1) is 5.95. The van der Waals surface area contributed by atoms with Gasteiger partial charge in [0.25, 0.3) is 0 Å². The van der Waals surface area contributed by atoms with Gasteiger partial charge < -0.3 is 9.84 Å². The van der Waals surface area contributed by atoms with Crippen LogP contribution >= 0.6 is 0 Å². The lowest BCUT2D eigenvalue weighted by molar-refractivity contribution is -0.181. The molecule has 3 heteroatoms. The van der Waals surface area contributed by atoms with E-state index in [-0.39, 0.29) is 29.8 Å². The van der Waals surface area contributed by atoms with Crippen molar-refractivity contribution in [2.75, 3.05) is 0 Å². The van der Waals surface area contributed by atoms with E-state index in [2.05, 4.69) is 0 Å². The number of carbonyl (C=O) groups is 1. The van der Waals surface area contributed by atoms with Crippen LogP contribution in [0.1, 0.15) is 27.7 Å². The molecule has 1 aliphatic heterocycles. The maximum atomic E-state index is 11.3. The van der Waals surface area contributed by atoms with E-state index in [4.69, 9.17) is 4.74 Å². The highest BCUT2D eigenvalue weighted by Crippen LogP contribution is 2.30. The summed E-state index contributed by atoms with van der Waals surface area (Å²) < 4.78 is 5.24. The molecular formula is C10H18O3. The van der Waals surface area contributed by atoms with Crippen molar-refractivity contribution >= 4 is 5.97 Å². The van der Waals surface area contributed by atoms with Gasteiger partial charge in [0.05, 0.1) is 12.0 Å². The largest absolute Gasteiger partial charge is 0.461 e. The minimum Gasteiger partial charge on any atom is -0.461 e. The van der Waals surface area contributed by atoms with Crippen molar-refractivity contribution in [3.8, 4) is 0 Å². The Balaban J connectivity index is 2.76. The number of cyclic esters (lactones) is 1. The number of rotatable bonds is 1. The van der Waals surface area contributed by atoms with Crippen LogP contribution in [0.4, 0.5) is 0 Å². The number of aliphatic hydroxyl groups is 1. The van der Waals surface area contributed by atoms with Crippen molar-refractivity contribution in [2.45, 2.75) is 39.9 Å². The van der Waals surface area contributed by atoms with Gasteiger partial charge in [0.15, 0.2) is 0 Å². The number of ether oxygens (including phenoxy) is 1. The molecule has 0 aromatic carbocycles. The Labute approximate surface area is 79.1 Å². The molecule has 0 spiro atoms. The van der Waals surface area contributed by atoms with E-state index in [0.29, 0.717) is 0 Å². The molecule has 3 nitrogen and oxygen atoms in total. The molecule has 13 heavy (non-hydrogen) atoms. The number of aliphatic hydroxyl groups excluding tert-OH is 1. The second kappa shape index (κ2) is 3.66. The lowest BCUT2D eigenvalue weighted by Crippen LogP contribution is -2.48. The molecule has 2 unspecified atom stereocenters. The predicted molar refractivity (Wildman–Crippen MR) is 49.1 cm³/mol. The Morgan fingerprint density at radius 1 is 1.38 bits per heavy atom. The van der Waals surface area contributed by atoms with Gasteiger partial charge in [-0.1, -0.05) is 20.8 Å². The van der Waals surface area contributed by atoms with Gasteiger partial charge in [-0.15, -0.1) is 0 Å². The van der Waals surface area contributed by atoms with E-state index >= 15 is 0 Å². The van der Waals surface area contributed by atoms with Crippen LogP contribution in [0.3, 0.4) is 0 Å². The Hall–Kier alpha value is -0.570. The van der Waals surface area contributed by atoms with Gasteiger partial charge in [-0.3, -0.25) is 4.79 Å². The van der Waals surface area contributed by atoms with Crippen molar-refractivity contribution in [3.63, 3.8) is 0 Å². The van der Waals surface area contributed by atoms with E-state index in [1.54, 1.807) is 6.92 Å². The molecule has 76 valence electrons. The average Bonchev–Trinajstić information content (AvgIpc) is 2.07. The van der Waals surface area contributed by atoms with Gasteiger partial charge in [-0.25, -0.2) is 0 Å². The molecule has 0 bridgehead atoms. The summed E-state index contributed by atoms with van der Waals surface area (Å²) in [6, 6.07) is 0. The molecule has 0 radical (unpaired) electrons. The summed E-state index contributed by atoms with van der Waals surface area (Å²) in [5.74, 6) is -0.358. The standard InChI is InChI=1S/C10H18O3/c1-5(2)9-6(3)8(11)7(4)10(12)13-9/h5-9,11H,1-4H3/t6?,7-,8+,9?/m1/s1. The van der Waals surface area contributed by atoms with Crippen LogP contribution in [-0.2, 0) is 9.53 Å². The molecule has 1 aliphatic rings. The van der Waals surface area contributed by atoms with Gasteiger partial charge >= 0.3 is 5.97 Å². The molecule has 1 saturated heterocycles. The second-order valence-electron chi connectivity index (χ2n) is 4.28. The van der Waals surface area contributed by atoms with E-state index in [0.717, 1.165) is 0 Å². The summed E-state index contributed by atoms with van der Waals surface area (Å²) in [5, 5.41) is 9.74. The average molecular weight is 186 g/mol. The Kier molecular flexibility index (Phi) is 2.96. The monoisotopic (exact) mass is 186 g/mol. The third-order valence-corrected chi connectivity index (χ3v) is 2.85. The van der Waals surface area contributed by atoms with Crippen LogP contribution < -0.4 is 0 Å². The minimum atomic E-state index is -0.561. The van der Waals surface area contributed by atoms with Gasteiger partial charge in [0.1, 0.15) is 6.10 Å². The summed E-state index contributed by atoms with van der Waals surface area (Å²) in [6.07, 6.45) is -0.702. The van der Waals surface area contributed by atoms with E-state index < -0.39 is 6.10 Å². The van der Waals surface area contributed by atoms with E-state index in [1.807, 2.05) is 20.8 Å². The van der Waals surface area contributed by atoms with E-state index in [1.165, 1.54) is 0 Å². The normalized spacial score (nSPS) is 40.6. The van der Waals surface area contributed by atoms with Crippen molar-refractivity contribution in [1.29, 1.82) is 0 Å². The van der Waals surface area contributed by atoms with Gasteiger partial charge in [0, 0.05) is 5.92 Å². The van der Waals surface area contributed by atoms with Gasteiger partial charge in [-0.2, -0.15) is 0 Å². The smallest absolute Gasteiger partial charge is 0.311 e. The molecule has 0 aliphatic carbocycles. The zero-order valence-electron chi connectivity index (χ0n) is 8.65. The van der Waals surface area contributed by atoms with E-state index in [9.17, 15) is 9.90 Å². The van der Waals surface area contributed by atoms with Crippen molar-refractivity contribution in [2.24, 2.45) is 17.8 Å². The first kappa shape index (κ1) is 10.5. The van der Waals surface area contributed by atoms with Crippen LogP contribution in [0.2, 0.25) is 0 Å². The molecular weight excluding hydrogens is 168 g/mol. The zero-order chi connectivity index (χ0) is 10.2. The molecule has 1 N–H and O–H groups in total. The van der Waals surface area contributed by atoms with Crippen molar-refractivity contribution in [3.05, 3.63) is 0 Å². The number of esters is 1. The Morgan fingerprint density at radius 2 is 1.92 bits per heavy atom. The van der Waals surface area contributed by atoms with Crippen LogP contribution in [0, 0.1) is 17.8 Å². The molecule has 1 rings (SSSR count). The van der Waals surface area contributed by atoms with Crippen molar-refractivity contribution < 1.29 is 14.6 Å². The molecule has 0 aromatic heterocycles. The highest BCUT2D eigenvalue weighted by molar-refractivity contribution is 5.73. The van der Waals surface area contributed by atoms with Crippen LogP contribution in [0.5, 0.6) is 0 Å². The minimum absolute atomic E-state index is 0.0349. The molecule has 0 aromatic rings. The van der Waals surface area contributed by atoms with Crippen LogP contribution in [-0.4, -0.2) is 23.3 Å². The second-order valence-corrected chi connectivity index (χ2v) is 4.28. The summed E-state index contributed by atoms with van der Waals surface area (Å²) in [4.78, 5) is 11.3. The lowest BCUT2D eigenvalue weighted by Gasteiger charge is -2.38. The fraction of sp³-hybridized carbons (Fsp3) is 0.900. The third kappa shape index (κ3) is 1.85. The first-order valence-electron chi connectivity index (χ1n) is 4.83. The number of hydrogen-bond donors (Lipinski definition) is 1. The molecule has 0 amide bonds. The molecule has 4 atom stereocenters. The van der Waals surface area contributed by atoms with Crippen molar-refractivity contribution in [1.82, 2.24) is 0 Å². The quantitative estimate of drug-likeness (QED) is 0.626. The summed E-state index contributed by atoms with van der Waals surface area (Å²) in [5.41, 5.74) is 0. The maximum Gasteiger partial charge on any atom is 0.311 e. The third-order valence-electron chi connectivity index (χ3n) is 2.85. The fourth-order valence-electron chi connectivity index (χ4n) is 1.88. The lowest BCUT2D eigenvalue weighted by atomic mass is 9.82. The zero-order valence-corrected chi connectivity index (χ0v) is 8.65. The van der Waals surface area contributed by atoms with Crippen LogP contribution in [0.25, 0.3) is 0 Å². The first-order valence-corrected chi connectivity index (χ1v) is 4.83.